The molecule has 0 atom stereocenters. The van der Waals surface area contributed by atoms with Crippen LogP contribution in [-0.4, -0.2) is 21.8 Å². The molecule has 0 fully saturated rings. The number of fused-ring (bicyclic) bond motifs is 1. The monoisotopic (exact) mass is 483 g/mol. The van der Waals surface area contributed by atoms with Crippen molar-refractivity contribution in [3.63, 3.8) is 0 Å². The first kappa shape index (κ1) is 22.3. The number of nitrogens with zero attached hydrogens (tertiary/aromatic N) is 2. The lowest BCUT2D eigenvalue weighted by molar-refractivity contribution is 0.0948. The van der Waals surface area contributed by atoms with E-state index < -0.39 is 0 Å². The van der Waals surface area contributed by atoms with Crippen molar-refractivity contribution in [2.75, 3.05) is 10.6 Å². The molecule has 3 heterocycles. The van der Waals surface area contributed by atoms with Gasteiger partial charge in [-0.15, -0.1) is 11.3 Å². The molecule has 174 valence electrons. The largest absolute Gasteiger partial charge is 0.451 e. The molecule has 35 heavy (non-hydrogen) atoms. The summed E-state index contributed by atoms with van der Waals surface area (Å²) in [5.41, 5.74) is 3.72. The fourth-order valence-corrected chi connectivity index (χ4v) is 4.51. The van der Waals surface area contributed by atoms with Gasteiger partial charge in [-0.3, -0.25) is 9.59 Å². The Kier molecular flexibility index (Phi) is 6.23. The summed E-state index contributed by atoms with van der Waals surface area (Å²) in [5.74, 6) is -0.197. The summed E-state index contributed by atoms with van der Waals surface area (Å²) in [6, 6.07) is 17.1. The van der Waals surface area contributed by atoms with Crippen molar-refractivity contribution in [1.29, 1.82) is 0 Å². The number of anilines is 3. The maximum absolute atomic E-state index is 13.2. The van der Waals surface area contributed by atoms with Crippen molar-refractivity contribution in [3.05, 3.63) is 101 Å². The van der Waals surface area contributed by atoms with Gasteiger partial charge in [0, 0.05) is 27.4 Å². The molecule has 0 aliphatic rings. The van der Waals surface area contributed by atoms with E-state index >= 15 is 0 Å². The van der Waals surface area contributed by atoms with Crippen molar-refractivity contribution in [2.45, 2.75) is 13.5 Å². The van der Waals surface area contributed by atoms with E-state index in [1.807, 2.05) is 60.8 Å². The second-order valence-corrected chi connectivity index (χ2v) is 8.73. The molecule has 8 nitrogen and oxygen atoms in total. The fraction of sp³-hybridized carbons (Fsp3) is 0.0769. The van der Waals surface area contributed by atoms with Crippen LogP contribution in [-0.2, 0) is 6.54 Å². The summed E-state index contributed by atoms with van der Waals surface area (Å²) in [5, 5.41) is 11.7. The minimum atomic E-state index is -0.348. The topological polar surface area (TPSA) is 109 Å². The van der Waals surface area contributed by atoms with Crippen LogP contribution < -0.4 is 16.0 Å². The van der Waals surface area contributed by atoms with Crippen molar-refractivity contribution in [1.82, 2.24) is 15.3 Å². The van der Waals surface area contributed by atoms with Gasteiger partial charge in [-0.25, -0.2) is 9.97 Å². The molecule has 3 N–H and O–H groups in total. The van der Waals surface area contributed by atoms with Gasteiger partial charge in [0.25, 0.3) is 11.8 Å². The van der Waals surface area contributed by atoms with E-state index in [0.717, 1.165) is 21.3 Å². The van der Waals surface area contributed by atoms with Gasteiger partial charge in [0.2, 0.25) is 0 Å². The molecule has 3 aromatic heterocycles. The normalized spacial score (nSPS) is 10.8. The number of rotatable bonds is 7. The zero-order valence-electron chi connectivity index (χ0n) is 18.7. The summed E-state index contributed by atoms with van der Waals surface area (Å²) < 4.78 is 5.96. The number of amides is 2. The first-order valence-corrected chi connectivity index (χ1v) is 11.7. The molecular formula is C26H21N5O3S. The molecule has 0 bridgehead atoms. The van der Waals surface area contributed by atoms with E-state index in [4.69, 9.17) is 4.42 Å². The highest BCUT2D eigenvalue weighted by atomic mass is 32.1. The van der Waals surface area contributed by atoms with Gasteiger partial charge in [0.1, 0.15) is 6.26 Å². The number of benzene rings is 2. The van der Waals surface area contributed by atoms with Crippen LogP contribution in [0, 0.1) is 6.92 Å². The highest BCUT2D eigenvalue weighted by Crippen LogP contribution is 2.29. The lowest BCUT2D eigenvalue weighted by Gasteiger charge is -2.15. The first-order valence-electron chi connectivity index (χ1n) is 10.8. The molecule has 0 aliphatic carbocycles. The van der Waals surface area contributed by atoms with Crippen LogP contribution in [0.25, 0.3) is 10.1 Å². The Morgan fingerprint density at radius 3 is 2.66 bits per heavy atom. The fourth-order valence-electron chi connectivity index (χ4n) is 3.57. The van der Waals surface area contributed by atoms with Gasteiger partial charge in [-0.1, -0.05) is 36.4 Å². The molecular weight excluding hydrogens is 462 g/mol. The number of pyridine rings is 1. The van der Waals surface area contributed by atoms with E-state index in [9.17, 15) is 9.59 Å². The van der Waals surface area contributed by atoms with Gasteiger partial charge >= 0.3 is 0 Å². The highest BCUT2D eigenvalue weighted by Gasteiger charge is 2.17. The Morgan fingerprint density at radius 2 is 1.83 bits per heavy atom. The minimum absolute atomic E-state index is 0.209. The molecule has 9 heteroatoms. The molecule has 0 radical (unpaired) electrons. The summed E-state index contributed by atoms with van der Waals surface area (Å²) in [6.07, 6.45) is 4.23. The molecule has 0 unspecified atom stereocenters. The Balaban J connectivity index is 1.45. The molecule has 2 amide bonds. The van der Waals surface area contributed by atoms with Crippen LogP contribution in [0.4, 0.5) is 17.2 Å². The maximum Gasteiger partial charge on any atom is 0.257 e. The molecule has 5 rings (SSSR count). The number of hydrogen-bond donors (Lipinski definition) is 3. The van der Waals surface area contributed by atoms with Crippen molar-refractivity contribution in [2.24, 2.45) is 0 Å². The Bertz CT molecular complexity index is 1510. The van der Waals surface area contributed by atoms with E-state index in [0.29, 0.717) is 28.3 Å². The van der Waals surface area contributed by atoms with Crippen LogP contribution >= 0.6 is 11.3 Å². The third-order valence-corrected chi connectivity index (χ3v) is 6.40. The van der Waals surface area contributed by atoms with Crippen LogP contribution in [0.2, 0.25) is 0 Å². The van der Waals surface area contributed by atoms with Crippen molar-refractivity contribution in [3.8, 4) is 0 Å². The van der Waals surface area contributed by atoms with Gasteiger partial charge in [-0.05, 0) is 30.7 Å². The Labute approximate surface area is 205 Å². The van der Waals surface area contributed by atoms with Crippen molar-refractivity contribution >= 4 is 50.4 Å². The molecule has 0 spiro atoms. The minimum Gasteiger partial charge on any atom is -0.451 e. The third-order valence-electron chi connectivity index (χ3n) is 5.44. The second kappa shape index (κ2) is 9.78. The maximum atomic E-state index is 13.2. The zero-order chi connectivity index (χ0) is 24.2. The SMILES string of the molecule is Cc1ccccc1Nc1ncc(C(=O)NCc2cocn2)cc1NC(=O)c1csc2ccccc12. The van der Waals surface area contributed by atoms with Crippen LogP contribution in [0.3, 0.4) is 0 Å². The van der Waals surface area contributed by atoms with Crippen LogP contribution in [0.1, 0.15) is 32.0 Å². The summed E-state index contributed by atoms with van der Waals surface area (Å²) in [7, 11) is 0. The average molecular weight is 484 g/mol. The predicted octanol–water partition coefficient (Wildman–Crippen LogP) is 5.52. The predicted molar refractivity (Wildman–Crippen MR) is 136 cm³/mol. The van der Waals surface area contributed by atoms with Gasteiger partial charge < -0.3 is 20.4 Å². The Morgan fingerprint density at radius 1 is 1.00 bits per heavy atom. The lowest BCUT2D eigenvalue weighted by atomic mass is 10.1. The number of aryl methyl sites for hydroxylation is 1. The standard InChI is InChI=1S/C26H21N5O3S/c1-16-6-2-4-8-21(16)30-24-22(31-26(33)20-14-35-23-9-5-3-7-19(20)23)10-17(11-27-24)25(32)28-12-18-13-34-15-29-18/h2-11,13-15H,12H2,1H3,(H,27,30)(H,28,32)(H,31,33). The average Bonchev–Trinajstić information content (AvgIpc) is 3.55. The van der Waals surface area contributed by atoms with E-state index in [-0.39, 0.29) is 18.4 Å². The van der Waals surface area contributed by atoms with E-state index in [1.54, 1.807) is 6.07 Å². The number of nitrogens with one attached hydrogen (secondary N) is 3. The molecule has 0 saturated heterocycles. The number of hydrogen-bond acceptors (Lipinski definition) is 7. The van der Waals surface area contributed by atoms with Gasteiger partial charge in [0.05, 0.1) is 29.1 Å². The quantitative estimate of drug-likeness (QED) is 0.281. The lowest BCUT2D eigenvalue weighted by Crippen LogP contribution is -2.23. The number of carbonyl (C=O) groups excluding carboxylic acids is 2. The number of aromatic nitrogens is 2. The van der Waals surface area contributed by atoms with Gasteiger partial charge in [-0.2, -0.15) is 0 Å². The zero-order valence-corrected chi connectivity index (χ0v) is 19.6. The molecule has 0 aliphatic heterocycles. The summed E-state index contributed by atoms with van der Waals surface area (Å²) >= 11 is 1.51. The van der Waals surface area contributed by atoms with Crippen LogP contribution in [0.5, 0.6) is 0 Å². The Hall–Kier alpha value is -4.50. The van der Waals surface area contributed by atoms with E-state index in [1.165, 1.54) is 30.2 Å². The smallest absolute Gasteiger partial charge is 0.257 e. The molecule has 0 saturated carbocycles. The van der Waals surface area contributed by atoms with Gasteiger partial charge in [0.15, 0.2) is 12.2 Å². The number of para-hydroxylation sites is 1. The summed E-state index contributed by atoms with van der Waals surface area (Å²) in [4.78, 5) is 34.5. The van der Waals surface area contributed by atoms with Crippen molar-refractivity contribution < 1.29 is 14.0 Å². The third kappa shape index (κ3) is 4.90. The number of thiophene rings is 1. The summed E-state index contributed by atoms with van der Waals surface area (Å²) in [6.45, 7) is 2.19. The van der Waals surface area contributed by atoms with E-state index in [2.05, 4.69) is 25.9 Å². The second-order valence-electron chi connectivity index (χ2n) is 7.82. The van der Waals surface area contributed by atoms with Crippen LogP contribution in [0.15, 0.2) is 83.2 Å². The number of oxazole rings is 1. The molecule has 2 aromatic carbocycles. The number of carbonyl (C=O) groups is 2. The first-order chi connectivity index (χ1) is 17.1. The molecule has 5 aromatic rings. The highest BCUT2D eigenvalue weighted by molar-refractivity contribution is 7.17.